The first-order valence-electron chi connectivity index (χ1n) is 5.65. The Kier molecular flexibility index (Phi) is 4.77. The number of hydrogen-bond donors (Lipinski definition) is 2. The lowest BCUT2D eigenvalue weighted by molar-refractivity contribution is -0.141. The first-order valence-corrected chi connectivity index (χ1v) is 7.55. The SMILES string of the molecule is COC(=O)C(C)Nc1ccc(NS(C)(=O)=O)c(C)c1. The predicted molar refractivity (Wildman–Crippen MR) is 74.7 cm³/mol. The van der Waals surface area contributed by atoms with Crippen molar-refractivity contribution in [3.05, 3.63) is 23.8 Å². The van der Waals surface area contributed by atoms with E-state index < -0.39 is 16.1 Å². The minimum atomic E-state index is -3.30. The van der Waals surface area contributed by atoms with Gasteiger partial charge in [-0.25, -0.2) is 13.2 Å². The summed E-state index contributed by atoms with van der Waals surface area (Å²) in [5.74, 6) is -0.365. The number of rotatable bonds is 5. The molecule has 2 N–H and O–H groups in total. The largest absolute Gasteiger partial charge is 0.467 e. The van der Waals surface area contributed by atoms with Crippen LogP contribution in [0, 0.1) is 6.92 Å². The van der Waals surface area contributed by atoms with Crippen LogP contribution in [-0.2, 0) is 19.6 Å². The molecule has 0 fully saturated rings. The van der Waals surface area contributed by atoms with E-state index in [1.54, 1.807) is 32.0 Å². The summed E-state index contributed by atoms with van der Waals surface area (Å²) in [6, 6.07) is 4.62. The number of esters is 1. The molecule has 0 heterocycles. The van der Waals surface area contributed by atoms with E-state index in [0.29, 0.717) is 5.69 Å². The fraction of sp³-hybridized carbons (Fsp3) is 0.417. The van der Waals surface area contributed by atoms with Crippen LogP contribution in [0.5, 0.6) is 0 Å². The molecule has 0 amide bonds. The minimum Gasteiger partial charge on any atom is -0.467 e. The summed E-state index contributed by atoms with van der Waals surface area (Å²) in [6.45, 7) is 3.46. The van der Waals surface area contributed by atoms with Crippen molar-refractivity contribution >= 4 is 27.4 Å². The van der Waals surface area contributed by atoms with Gasteiger partial charge in [-0.2, -0.15) is 0 Å². The molecule has 0 aliphatic rings. The molecule has 106 valence electrons. The van der Waals surface area contributed by atoms with Crippen molar-refractivity contribution < 1.29 is 17.9 Å². The predicted octanol–water partition coefficient (Wildman–Crippen LogP) is 1.34. The van der Waals surface area contributed by atoms with E-state index in [0.717, 1.165) is 17.5 Å². The number of aryl methyl sites for hydroxylation is 1. The van der Waals surface area contributed by atoms with Crippen molar-refractivity contribution in [1.82, 2.24) is 0 Å². The molecule has 6 nitrogen and oxygen atoms in total. The van der Waals surface area contributed by atoms with Crippen LogP contribution in [-0.4, -0.2) is 33.8 Å². The summed E-state index contributed by atoms with van der Waals surface area (Å²) in [5.41, 5.74) is 1.99. The molecule has 19 heavy (non-hydrogen) atoms. The standard InChI is InChI=1S/C12H18N2O4S/c1-8-7-10(13-9(2)12(15)18-3)5-6-11(8)14-19(4,16)17/h5-7,9,13-14H,1-4H3. The fourth-order valence-corrected chi connectivity index (χ4v) is 2.18. The summed E-state index contributed by atoms with van der Waals surface area (Å²) in [4.78, 5) is 11.3. The highest BCUT2D eigenvalue weighted by molar-refractivity contribution is 7.92. The Balaban J connectivity index is 2.85. The Morgan fingerprint density at radius 1 is 1.37 bits per heavy atom. The van der Waals surface area contributed by atoms with Crippen LogP contribution in [0.25, 0.3) is 0 Å². The van der Waals surface area contributed by atoms with Crippen LogP contribution in [0.2, 0.25) is 0 Å². The molecule has 0 saturated carbocycles. The highest BCUT2D eigenvalue weighted by Crippen LogP contribution is 2.21. The van der Waals surface area contributed by atoms with Gasteiger partial charge in [0.25, 0.3) is 0 Å². The molecule has 1 rings (SSSR count). The quantitative estimate of drug-likeness (QED) is 0.798. The Morgan fingerprint density at radius 3 is 2.47 bits per heavy atom. The average Bonchev–Trinajstić information content (AvgIpc) is 2.30. The first kappa shape index (κ1) is 15.3. The highest BCUT2D eigenvalue weighted by atomic mass is 32.2. The van der Waals surface area contributed by atoms with Gasteiger partial charge >= 0.3 is 5.97 Å². The second-order valence-electron chi connectivity index (χ2n) is 4.29. The number of benzene rings is 1. The summed E-state index contributed by atoms with van der Waals surface area (Å²) < 4.78 is 29.3. The molecule has 0 aromatic heterocycles. The zero-order valence-corrected chi connectivity index (χ0v) is 12.2. The van der Waals surface area contributed by atoms with Gasteiger partial charge in [-0.15, -0.1) is 0 Å². The van der Waals surface area contributed by atoms with Gasteiger partial charge in [-0.3, -0.25) is 4.72 Å². The van der Waals surface area contributed by atoms with Crippen molar-refractivity contribution in [3.63, 3.8) is 0 Å². The third kappa shape index (κ3) is 4.78. The van der Waals surface area contributed by atoms with E-state index in [1.807, 2.05) is 0 Å². The van der Waals surface area contributed by atoms with Gasteiger partial charge in [-0.1, -0.05) is 0 Å². The van der Waals surface area contributed by atoms with Crippen molar-refractivity contribution in [2.75, 3.05) is 23.4 Å². The second-order valence-corrected chi connectivity index (χ2v) is 6.04. The molecule has 0 saturated heterocycles. The number of nitrogens with one attached hydrogen (secondary N) is 2. The first-order chi connectivity index (χ1) is 8.73. The number of ether oxygens (including phenoxy) is 1. The Hall–Kier alpha value is -1.76. The number of carbonyl (C=O) groups excluding carboxylic acids is 1. The fourth-order valence-electron chi connectivity index (χ4n) is 1.55. The van der Waals surface area contributed by atoms with Gasteiger partial charge in [0.2, 0.25) is 10.0 Å². The summed E-state index contributed by atoms with van der Waals surface area (Å²) in [7, 11) is -1.97. The molecule has 0 radical (unpaired) electrons. The van der Waals surface area contributed by atoms with E-state index in [2.05, 4.69) is 14.8 Å². The second kappa shape index (κ2) is 5.92. The van der Waals surface area contributed by atoms with Gasteiger partial charge in [0, 0.05) is 5.69 Å². The van der Waals surface area contributed by atoms with Gasteiger partial charge < -0.3 is 10.1 Å². The number of sulfonamides is 1. The van der Waals surface area contributed by atoms with Gasteiger partial charge in [0.15, 0.2) is 0 Å². The molecule has 1 atom stereocenters. The van der Waals surface area contributed by atoms with Gasteiger partial charge in [0.1, 0.15) is 6.04 Å². The van der Waals surface area contributed by atoms with E-state index in [4.69, 9.17) is 0 Å². The molecule has 1 unspecified atom stereocenters. The van der Waals surface area contributed by atoms with Crippen LogP contribution in [0.4, 0.5) is 11.4 Å². The minimum absolute atomic E-state index is 0.365. The van der Waals surface area contributed by atoms with E-state index in [9.17, 15) is 13.2 Å². The van der Waals surface area contributed by atoms with Gasteiger partial charge in [-0.05, 0) is 37.6 Å². The molecule has 0 aliphatic carbocycles. The van der Waals surface area contributed by atoms with E-state index >= 15 is 0 Å². The molecule has 7 heteroatoms. The maximum atomic E-state index is 11.3. The van der Waals surface area contributed by atoms with E-state index in [-0.39, 0.29) is 5.97 Å². The lowest BCUT2D eigenvalue weighted by Crippen LogP contribution is -2.27. The molecule has 0 aliphatic heterocycles. The Labute approximate surface area is 113 Å². The van der Waals surface area contributed by atoms with Crippen LogP contribution < -0.4 is 10.0 Å². The number of carbonyl (C=O) groups is 1. The smallest absolute Gasteiger partial charge is 0.327 e. The molecule has 0 bridgehead atoms. The molecule has 1 aromatic carbocycles. The van der Waals surface area contributed by atoms with Gasteiger partial charge in [0.05, 0.1) is 19.1 Å². The molecular formula is C12H18N2O4S. The monoisotopic (exact) mass is 286 g/mol. The Morgan fingerprint density at radius 2 is 2.00 bits per heavy atom. The Bertz CT molecular complexity index is 569. The molecule has 0 spiro atoms. The topological polar surface area (TPSA) is 84.5 Å². The number of hydrogen-bond acceptors (Lipinski definition) is 5. The molecular weight excluding hydrogens is 268 g/mol. The average molecular weight is 286 g/mol. The maximum Gasteiger partial charge on any atom is 0.327 e. The zero-order valence-electron chi connectivity index (χ0n) is 11.4. The van der Waals surface area contributed by atoms with Crippen molar-refractivity contribution in [2.24, 2.45) is 0 Å². The van der Waals surface area contributed by atoms with Crippen LogP contribution >= 0.6 is 0 Å². The lowest BCUT2D eigenvalue weighted by Gasteiger charge is -2.15. The zero-order chi connectivity index (χ0) is 14.6. The third-order valence-electron chi connectivity index (χ3n) is 2.46. The van der Waals surface area contributed by atoms with Crippen LogP contribution in [0.1, 0.15) is 12.5 Å². The van der Waals surface area contributed by atoms with Crippen molar-refractivity contribution in [2.45, 2.75) is 19.9 Å². The van der Waals surface area contributed by atoms with Crippen LogP contribution in [0.15, 0.2) is 18.2 Å². The van der Waals surface area contributed by atoms with Crippen molar-refractivity contribution in [3.8, 4) is 0 Å². The third-order valence-corrected chi connectivity index (χ3v) is 3.05. The van der Waals surface area contributed by atoms with Crippen LogP contribution in [0.3, 0.4) is 0 Å². The lowest BCUT2D eigenvalue weighted by atomic mass is 10.1. The number of anilines is 2. The highest BCUT2D eigenvalue weighted by Gasteiger charge is 2.13. The normalized spacial score (nSPS) is 12.6. The number of methoxy groups -OCH3 is 1. The molecule has 1 aromatic rings. The maximum absolute atomic E-state index is 11.3. The van der Waals surface area contributed by atoms with E-state index in [1.165, 1.54) is 7.11 Å². The summed E-state index contributed by atoms with van der Waals surface area (Å²) >= 11 is 0. The summed E-state index contributed by atoms with van der Waals surface area (Å²) in [5, 5.41) is 2.97. The summed E-state index contributed by atoms with van der Waals surface area (Å²) in [6.07, 6.45) is 1.10. The van der Waals surface area contributed by atoms with Crippen molar-refractivity contribution in [1.29, 1.82) is 0 Å².